The molecule has 19 heavy (non-hydrogen) atoms. The normalized spacial score (nSPS) is 10.9. The van der Waals surface area contributed by atoms with Crippen molar-refractivity contribution in [2.45, 2.75) is 20.0 Å². The number of aromatic nitrogens is 3. The molecular weight excluding hydrogens is 308 g/mol. The molecule has 5 nitrogen and oxygen atoms in total. The van der Waals surface area contributed by atoms with Crippen molar-refractivity contribution in [3.8, 4) is 11.4 Å². The van der Waals surface area contributed by atoms with Crippen molar-refractivity contribution in [3.63, 3.8) is 0 Å². The summed E-state index contributed by atoms with van der Waals surface area (Å²) in [6, 6.07) is 6.17. The zero-order chi connectivity index (χ0) is 13.8. The van der Waals surface area contributed by atoms with Gasteiger partial charge < -0.3 is 15.0 Å². The van der Waals surface area contributed by atoms with Crippen LogP contribution in [-0.4, -0.2) is 28.5 Å². The summed E-state index contributed by atoms with van der Waals surface area (Å²) >= 11 is 3.50. The molecule has 2 rings (SSSR count). The molecule has 0 atom stereocenters. The molecule has 102 valence electrons. The van der Waals surface area contributed by atoms with Crippen LogP contribution in [0.4, 0.5) is 0 Å². The molecule has 0 aliphatic carbocycles. The fourth-order valence-corrected chi connectivity index (χ4v) is 2.59. The lowest BCUT2D eigenvalue weighted by Crippen LogP contribution is -2.12. The van der Waals surface area contributed by atoms with Crippen LogP contribution in [0.5, 0.6) is 0 Å². The molecule has 0 unspecified atom stereocenters. The third kappa shape index (κ3) is 3.20. The Kier molecular flexibility index (Phi) is 4.68. The second-order valence-corrected chi connectivity index (χ2v) is 5.22. The van der Waals surface area contributed by atoms with Crippen molar-refractivity contribution in [2.24, 2.45) is 5.73 Å². The Hall–Kier alpha value is -1.24. The molecule has 2 N–H and O–H groups in total. The standard InChI is InChI=1S/C13H17BrN4O/c1-9-5-10(7-11(14)6-9)13-17-16-12(8-15)18(13)3-4-19-2/h5-7H,3-4,8,15H2,1-2H3. The van der Waals surface area contributed by atoms with Gasteiger partial charge in [0.2, 0.25) is 0 Å². The average molecular weight is 325 g/mol. The smallest absolute Gasteiger partial charge is 0.164 e. The Morgan fingerprint density at radius 2 is 2.11 bits per heavy atom. The summed E-state index contributed by atoms with van der Waals surface area (Å²) in [5.41, 5.74) is 7.89. The van der Waals surface area contributed by atoms with Gasteiger partial charge in [0.25, 0.3) is 0 Å². The van der Waals surface area contributed by atoms with Crippen LogP contribution in [0.15, 0.2) is 22.7 Å². The largest absolute Gasteiger partial charge is 0.383 e. The Morgan fingerprint density at radius 1 is 1.32 bits per heavy atom. The summed E-state index contributed by atoms with van der Waals surface area (Å²) < 4.78 is 8.16. The van der Waals surface area contributed by atoms with E-state index in [-0.39, 0.29) is 0 Å². The van der Waals surface area contributed by atoms with Crippen molar-refractivity contribution < 1.29 is 4.74 Å². The van der Waals surface area contributed by atoms with Gasteiger partial charge in [0.05, 0.1) is 13.2 Å². The van der Waals surface area contributed by atoms with Gasteiger partial charge in [-0.2, -0.15) is 0 Å². The van der Waals surface area contributed by atoms with E-state index in [0.717, 1.165) is 21.7 Å². The Labute approximate surface area is 120 Å². The van der Waals surface area contributed by atoms with E-state index in [1.54, 1.807) is 7.11 Å². The van der Waals surface area contributed by atoms with E-state index in [9.17, 15) is 0 Å². The van der Waals surface area contributed by atoms with Crippen LogP contribution < -0.4 is 5.73 Å². The predicted octanol–water partition coefficient (Wildman–Crippen LogP) is 2.12. The van der Waals surface area contributed by atoms with Crippen LogP contribution in [0.3, 0.4) is 0 Å². The van der Waals surface area contributed by atoms with E-state index < -0.39 is 0 Å². The van der Waals surface area contributed by atoms with Crippen LogP contribution in [0, 0.1) is 6.92 Å². The van der Waals surface area contributed by atoms with Gasteiger partial charge in [0.15, 0.2) is 5.82 Å². The number of hydrogen-bond acceptors (Lipinski definition) is 4. The van der Waals surface area contributed by atoms with Gasteiger partial charge in [-0.3, -0.25) is 0 Å². The van der Waals surface area contributed by atoms with Crippen LogP contribution in [-0.2, 0) is 17.8 Å². The first kappa shape index (κ1) is 14.2. The molecule has 0 amide bonds. The van der Waals surface area contributed by atoms with Gasteiger partial charge in [-0.25, -0.2) is 0 Å². The molecule has 0 saturated heterocycles. The minimum atomic E-state index is 0.365. The molecule has 0 saturated carbocycles. The third-order valence-corrected chi connectivity index (χ3v) is 3.29. The zero-order valence-corrected chi connectivity index (χ0v) is 12.6. The summed E-state index contributed by atoms with van der Waals surface area (Å²) in [5.74, 6) is 1.59. The predicted molar refractivity (Wildman–Crippen MR) is 77.7 cm³/mol. The minimum absolute atomic E-state index is 0.365. The lowest BCUT2D eigenvalue weighted by atomic mass is 10.1. The lowest BCUT2D eigenvalue weighted by molar-refractivity contribution is 0.186. The van der Waals surface area contributed by atoms with E-state index >= 15 is 0 Å². The van der Waals surface area contributed by atoms with Crippen molar-refractivity contribution in [1.29, 1.82) is 0 Å². The molecule has 0 bridgehead atoms. The molecule has 0 fully saturated rings. The molecule has 6 heteroatoms. The fraction of sp³-hybridized carbons (Fsp3) is 0.385. The van der Waals surface area contributed by atoms with E-state index in [4.69, 9.17) is 10.5 Å². The summed E-state index contributed by atoms with van der Waals surface area (Å²) in [6.07, 6.45) is 0. The highest BCUT2D eigenvalue weighted by atomic mass is 79.9. The van der Waals surface area contributed by atoms with E-state index in [2.05, 4.69) is 38.3 Å². The average Bonchev–Trinajstić information content (AvgIpc) is 2.77. The van der Waals surface area contributed by atoms with Crippen molar-refractivity contribution in [3.05, 3.63) is 34.1 Å². The number of methoxy groups -OCH3 is 1. The SMILES string of the molecule is COCCn1c(CN)nnc1-c1cc(C)cc(Br)c1. The molecule has 0 aliphatic heterocycles. The van der Waals surface area contributed by atoms with Crippen molar-refractivity contribution in [1.82, 2.24) is 14.8 Å². The first-order valence-electron chi connectivity index (χ1n) is 6.04. The van der Waals surface area contributed by atoms with Crippen LogP contribution in [0.1, 0.15) is 11.4 Å². The Bertz CT molecular complexity index is 548. The third-order valence-electron chi connectivity index (χ3n) is 2.83. The number of hydrogen-bond donors (Lipinski definition) is 1. The van der Waals surface area contributed by atoms with Crippen LogP contribution in [0.25, 0.3) is 11.4 Å². The fourth-order valence-electron chi connectivity index (χ4n) is 1.98. The highest BCUT2D eigenvalue weighted by Crippen LogP contribution is 2.24. The van der Waals surface area contributed by atoms with Gasteiger partial charge in [-0.15, -0.1) is 10.2 Å². The first-order chi connectivity index (χ1) is 9.15. The number of rotatable bonds is 5. The molecule has 1 aromatic heterocycles. The second kappa shape index (κ2) is 6.27. The Balaban J connectivity index is 2.45. The van der Waals surface area contributed by atoms with E-state index in [1.165, 1.54) is 5.56 Å². The zero-order valence-electron chi connectivity index (χ0n) is 11.1. The summed E-state index contributed by atoms with van der Waals surface area (Å²) in [4.78, 5) is 0. The number of halogens is 1. The molecule has 0 aliphatic rings. The molecule has 1 heterocycles. The molecule has 0 radical (unpaired) electrons. The van der Waals surface area contributed by atoms with Gasteiger partial charge >= 0.3 is 0 Å². The lowest BCUT2D eigenvalue weighted by Gasteiger charge is -2.09. The first-order valence-corrected chi connectivity index (χ1v) is 6.83. The summed E-state index contributed by atoms with van der Waals surface area (Å²) in [7, 11) is 1.68. The van der Waals surface area contributed by atoms with Crippen molar-refractivity contribution in [2.75, 3.05) is 13.7 Å². The minimum Gasteiger partial charge on any atom is -0.383 e. The van der Waals surface area contributed by atoms with Gasteiger partial charge in [0.1, 0.15) is 5.82 Å². The van der Waals surface area contributed by atoms with Crippen LogP contribution >= 0.6 is 15.9 Å². The number of aryl methyl sites for hydroxylation is 1. The summed E-state index contributed by atoms with van der Waals surface area (Å²) in [5, 5.41) is 8.39. The molecule has 0 spiro atoms. The summed E-state index contributed by atoms with van der Waals surface area (Å²) in [6.45, 7) is 3.71. The number of nitrogens with two attached hydrogens (primary N) is 1. The highest BCUT2D eigenvalue weighted by Gasteiger charge is 2.13. The van der Waals surface area contributed by atoms with E-state index in [1.807, 2.05) is 17.6 Å². The highest BCUT2D eigenvalue weighted by molar-refractivity contribution is 9.10. The Morgan fingerprint density at radius 3 is 2.74 bits per heavy atom. The number of ether oxygens (including phenoxy) is 1. The topological polar surface area (TPSA) is 66.0 Å². The maximum Gasteiger partial charge on any atom is 0.164 e. The van der Waals surface area contributed by atoms with Crippen molar-refractivity contribution >= 4 is 15.9 Å². The van der Waals surface area contributed by atoms with Gasteiger partial charge in [-0.1, -0.05) is 15.9 Å². The molecule has 1 aromatic carbocycles. The van der Waals surface area contributed by atoms with Crippen LogP contribution in [0.2, 0.25) is 0 Å². The second-order valence-electron chi connectivity index (χ2n) is 4.31. The van der Waals surface area contributed by atoms with E-state index in [0.29, 0.717) is 19.7 Å². The number of benzene rings is 1. The molecule has 2 aromatic rings. The quantitative estimate of drug-likeness (QED) is 0.914. The maximum atomic E-state index is 5.70. The molecular formula is C13H17BrN4O. The monoisotopic (exact) mass is 324 g/mol. The van der Waals surface area contributed by atoms with Gasteiger partial charge in [0, 0.05) is 23.7 Å². The van der Waals surface area contributed by atoms with Gasteiger partial charge in [-0.05, 0) is 30.7 Å². The number of nitrogens with zero attached hydrogens (tertiary/aromatic N) is 3. The maximum absolute atomic E-state index is 5.70.